The van der Waals surface area contributed by atoms with E-state index in [0.29, 0.717) is 12.2 Å². The molecule has 0 unspecified atom stereocenters. The zero-order chi connectivity index (χ0) is 23.0. The monoisotopic (exact) mass is 426 g/mol. The number of anilines is 1. The second kappa shape index (κ2) is 8.27. The number of amides is 3. The molecule has 0 radical (unpaired) electrons. The average Bonchev–Trinajstić information content (AvgIpc) is 2.92. The quantitative estimate of drug-likeness (QED) is 0.473. The van der Waals surface area contributed by atoms with Crippen molar-refractivity contribution < 1.29 is 9.59 Å². The smallest absolute Gasteiger partial charge is 0.305 e. The molecular weight excluding hydrogens is 396 g/mol. The molecule has 0 bridgehead atoms. The minimum atomic E-state index is -0.928. The first kappa shape index (κ1) is 21.8. The molecule has 4 rings (SSSR count). The zero-order valence-electron chi connectivity index (χ0n) is 19.5. The fourth-order valence-electron chi connectivity index (χ4n) is 4.37. The van der Waals surface area contributed by atoms with Gasteiger partial charge in [0.15, 0.2) is 0 Å². The van der Waals surface area contributed by atoms with E-state index in [-0.39, 0.29) is 11.9 Å². The van der Waals surface area contributed by atoms with Crippen LogP contribution in [0.1, 0.15) is 47.2 Å². The molecule has 1 aliphatic heterocycles. The molecule has 4 heteroatoms. The highest BCUT2D eigenvalue weighted by atomic mass is 16.2. The summed E-state index contributed by atoms with van der Waals surface area (Å²) in [6, 6.07) is 22.2. The van der Waals surface area contributed by atoms with Crippen molar-refractivity contribution in [3.8, 4) is 0 Å². The number of carbonyl (C=O) groups excluding carboxylic acids is 2. The highest BCUT2D eigenvalue weighted by Gasteiger charge is 2.52. The zero-order valence-corrected chi connectivity index (χ0v) is 19.5. The van der Waals surface area contributed by atoms with Gasteiger partial charge in [-0.05, 0) is 80.5 Å². The predicted octanol–water partition coefficient (Wildman–Crippen LogP) is 5.95. The first-order valence-electron chi connectivity index (χ1n) is 11.0. The number of carbonyl (C=O) groups is 2. The second-order valence-corrected chi connectivity index (χ2v) is 9.22. The summed E-state index contributed by atoms with van der Waals surface area (Å²) in [5.74, 6) is -0.186. The molecule has 164 valence electrons. The number of hydrogen-bond acceptors (Lipinski definition) is 2. The van der Waals surface area contributed by atoms with Gasteiger partial charge in [-0.25, -0.2) is 9.69 Å². The van der Waals surface area contributed by atoms with Crippen molar-refractivity contribution in [3.05, 3.63) is 100 Å². The van der Waals surface area contributed by atoms with Crippen LogP contribution in [0.15, 0.2) is 66.7 Å². The van der Waals surface area contributed by atoms with Crippen LogP contribution >= 0.6 is 0 Å². The number of nitrogens with zero attached hydrogens (tertiary/aromatic N) is 2. The molecule has 4 nitrogen and oxygen atoms in total. The van der Waals surface area contributed by atoms with Gasteiger partial charge in [0, 0.05) is 6.54 Å². The lowest BCUT2D eigenvalue weighted by atomic mass is 9.97. The molecule has 0 N–H and O–H groups in total. The lowest BCUT2D eigenvalue weighted by molar-refractivity contribution is -0.123. The van der Waals surface area contributed by atoms with Crippen molar-refractivity contribution >= 4 is 17.6 Å². The Morgan fingerprint density at radius 2 is 1.34 bits per heavy atom. The molecule has 1 aliphatic rings. The Bertz CT molecular complexity index is 1180. The molecule has 1 fully saturated rings. The van der Waals surface area contributed by atoms with E-state index in [1.54, 1.807) is 4.90 Å². The fourth-order valence-corrected chi connectivity index (χ4v) is 4.37. The van der Waals surface area contributed by atoms with E-state index in [0.717, 1.165) is 34.2 Å². The van der Waals surface area contributed by atoms with Crippen molar-refractivity contribution in [1.29, 1.82) is 0 Å². The molecular formula is C28H30N2O2. The van der Waals surface area contributed by atoms with Crippen molar-refractivity contribution in [2.24, 2.45) is 0 Å². The van der Waals surface area contributed by atoms with E-state index in [1.807, 2.05) is 77.1 Å². The summed E-state index contributed by atoms with van der Waals surface area (Å²) < 4.78 is 0. The van der Waals surface area contributed by atoms with E-state index < -0.39 is 5.54 Å². The second-order valence-electron chi connectivity index (χ2n) is 9.22. The number of imide groups is 1. The highest BCUT2D eigenvalue weighted by Crippen LogP contribution is 2.36. The summed E-state index contributed by atoms with van der Waals surface area (Å²) in [7, 11) is 0. The van der Waals surface area contributed by atoms with Gasteiger partial charge in [-0.15, -0.1) is 0 Å². The van der Waals surface area contributed by atoms with Crippen LogP contribution in [-0.4, -0.2) is 22.4 Å². The maximum atomic E-state index is 13.6. The van der Waals surface area contributed by atoms with Gasteiger partial charge >= 0.3 is 6.03 Å². The molecule has 1 saturated heterocycles. The van der Waals surface area contributed by atoms with E-state index in [1.165, 1.54) is 10.5 Å². The summed E-state index contributed by atoms with van der Waals surface area (Å²) in [5, 5.41) is 0. The minimum absolute atomic E-state index is 0.186. The Morgan fingerprint density at radius 3 is 2.03 bits per heavy atom. The largest absolute Gasteiger partial charge is 0.332 e. The number of rotatable bonds is 5. The van der Waals surface area contributed by atoms with Gasteiger partial charge in [-0.3, -0.25) is 4.79 Å². The van der Waals surface area contributed by atoms with Gasteiger partial charge in [0.05, 0.1) is 5.69 Å². The summed E-state index contributed by atoms with van der Waals surface area (Å²) in [4.78, 5) is 30.1. The first-order chi connectivity index (χ1) is 15.2. The lowest BCUT2D eigenvalue weighted by Gasteiger charge is -2.28. The van der Waals surface area contributed by atoms with Crippen LogP contribution in [0, 0.1) is 20.8 Å². The SMILES string of the molecule is Cc1cc(C)c(N2C(=O)N(Cc3ccccc3Cc3ccccc3)C(C)(C)C2=O)cc1C. The maximum Gasteiger partial charge on any atom is 0.332 e. The van der Waals surface area contributed by atoms with E-state index >= 15 is 0 Å². The van der Waals surface area contributed by atoms with Crippen molar-refractivity contribution in [2.75, 3.05) is 4.90 Å². The van der Waals surface area contributed by atoms with Crippen LogP contribution < -0.4 is 4.90 Å². The Hall–Kier alpha value is -3.40. The molecule has 0 aromatic heterocycles. The topological polar surface area (TPSA) is 40.6 Å². The summed E-state index contributed by atoms with van der Waals surface area (Å²) in [6.45, 7) is 10.1. The Morgan fingerprint density at radius 1 is 0.750 bits per heavy atom. The van der Waals surface area contributed by atoms with Crippen LogP contribution in [0.4, 0.5) is 10.5 Å². The summed E-state index contributed by atoms with van der Waals surface area (Å²) in [5.41, 5.74) is 6.33. The van der Waals surface area contributed by atoms with Crippen LogP contribution in [0.2, 0.25) is 0 Å². The number of hydrogen-bond donors (Lipinski definition) is 0. The fraction of sp³-hybridized carbons (Fsp3) is 0.286. The molecule has 3 aromatic rings. The van der Waals surface area contributed by atoms with Crippen LogP contribution in [-0.2, 0) is 17.8 Å². The number of aryl methyl sites for hydroxylation is 3. The predicted molar refractivity (Wildman–Crippen MR) is 129 cm³/mol. The van der Waals surface area contributed by atoms with Crippen molar-refractivity contribution in [2.45, 2.75) is 53.1 Å². The van der Waals surface area contributed by atoms with E-state index in [4.69, 9.17) is 0 Å². The standard InChI is InChI=1S/C28H30N2O2/c1-19-15-21(3)25(16-20(19)2)30-26(31)28(4,5)29(27(30)32)18-24-14-10-9-13-23(24)17-22-11-7-6-8-12-22/h6-16H,17-18H2,1-5H3. The van der Waals surface area contributed by atoms with Gasteiger partial charge in [-0.2, -0.15) is 0 Å². The molecule has 1 heterocycles. The average molecular weight is 427 g/mol. The van der Waals surface area contributed by atoms with Gasteiger partial charge < -0.3 is 4.90 Å². The maximum absolute atomic E-state index is 13.6. The van der Waals surface area contributed by atoms with E-state index in [2.05, 4.69) is 24.3 Å². The van der Waals surface area contributed by atoms with E-state index in [9.17, 15) is 9.59 Å². The Balaban J connectivity index is 1.68. The van der Waals surface area contributed by atoms with Crippen LogP contribution in [0.5, 0.6) is 0 Å². The summed E-state index contributed by atoms with van der Waals surface area (Å²) >= 11 is 0. The minimum Gasteiger partial charge on any atom is -0.305 e. The number of benzene rings is 3. The number of urea groups is 1. The van der Waals surface area contributed by atoms with Crippen LogP contribution in [0.3, 0.4) is 0 Å². The normalized spacial score (nSPS) is 15.5. The third kappa shape index (κ3) is 3.81. The molecule has 0 atom stereocenters. The third-order valence-electron chi connectivity index (χ3n) is 6.56. The van der Waals surface area contributed by atoms with Gasteiger partial charge in [0.1, 0.15) is 5.54 Å². The molecule has 0 aliphatic carbocycles. The third-order valence-corrected chi connectivity index (χ3v) is 6.56. The van der Waals surface area contributed by atoms with Crippen molar-refractivity contribution in [1.82, 2.24) is 4.90 Å². The Labute approximate surface area is 190 Å². The summed E-state index contributed by atoms with van der Waals surface area (Å²) in [6.07, 6.45) is 0.785. The van der Waals surface area contributed by atoms with Gasteiger partial charge in [-0.1, -0.05) is 60.7 Å². The molecule has 3 aromatic carbocycles. The van der Waals surface area contributed by atoms with Gasteiger partial charge in [0.25, 0.3) is 5.91 Å². The van der Waals surface area contributed by atoms with Crippen LogP contribution in [0.25, 0.3) is 0 Å². The molecule has 0 saturated carbocycles. The molecule has 32 heavy (non-hydrogen) atoms. The highest BCUT2D eigenvalue weighted by molar-refractivity contribution is 6.23. The Kier molecular flexibility index (Phi) is 5.64. The lowest BCUT2D eigenvalue weighted by Crippen LogP contribution is -2.43. The first-order valence-corrected chi connectivity index (χ1v) is 11.0. The molecule has 0 spiro atoms. The van der Waals surface area contributed by atoms with Gasteiger partial charge in [0.2, 0.25) is 0 Å². The molecule has 3 amide bonds. The van der Waals surface area contributed by atoms with Crippen molar-refractivity contribution in [3.63, 3.8) is 0 Å².